The highest BCUT2D eigenvalue weighted by Gasteiger charge is 1.77. The Balaban J connectivity index is 3.31. The molecule has 0 heterocycles. The van der Waals surface area contributed by atoms with Crippen LogP contribution in [-0.4, -0.2) is 15.0 Å². The Labute approximate surface area is 50.4 Å². The van der Waals surface area contributed by atoms with Gasteiger partial charge < -0.3 is 0 Å². The van der Waals surface area contributed by atoms with Gasteiger partial charge in [-0.25, -0.2) is 0 Å². The lowest BCUT2D eigenvalue weighted by Gasteiger charge is -1.80. The van der Waals surface area contributed by atoms with Crippen molar-refractivity contribution in [2.45, 2.75) is 12.8 Å². The van der Waals surface area contributed by atoms with Crippen LogP contribution in [0.2, 0.25) is 0 Å². The second-order valence-corrected chi connectivity index (χ2v) is 1.97. The molecule has 0 unspecified atom stereocenters. The summed E-state index contributed by atoms with van der Waals surface area (Å²) < 4.78 is 22.6. The number of rotatable bonds is 3. The van der Waals surface area contributed by atoms with E-state index in [9.17, 15) is 8.42 Å². The van der Waals surface area contributed by atoms with Crippen molar-refractivity contribution >= 4 is 10.5 Å². The smallest absolute Gasteiger partial charge is 0.172 e. The fourth-order valence-corrected chi connectivity index (χ4v) is 0.529. The van der Waals surface area contributed by atoms with Crippen LogP contribution in [0.15, 0.2) is 4.36 Å². The maximum absolute atomic E-state index is 9.69. The molecule has 3 nitrogen and oxygen atoms in total. The molecule has 0 spiro atoms. The molecule has 0 aromatic rings. The summed E-state index contributed by atoms with van der Waals surface area (Å²) in [6.45, 7) is 3.90. The highest BCUT2D eigenvalue weighted by molar-refractivity contribution is 7.61. The molecule has 0 amide bonds. The molecule has 0 aliphatic rings. The van der Waals surface area contributed by atoms with Crippen molar-refractivity contribution in [3.05, 3.63) is 6.92 Å². The van der Waals surface area contributed by atoms with E-state index in [2.05, 4.69) is 11.3 Å². The molecule has 0 aliphatic carbocycles. The molecule has 0 bridgehead atoms. The number of nitrogens with zero attached hydrogens (tertiary/aromatic N) is 1. The van der Waals surface area contributed by atoms with Crippen molar-refractivity contribution in [1.82, 2.24) is 0 Å². The van der Waals surface area contributed by atoms with Crippen molar-refractivity contribution in [2.24, 2.45) is 4.36 Å². The molecule has 0 aromatic carbocycles. The average Bonchev–Trinajstić information content (AvgIpc) is 1.66. The highest BCUT2D eigenvalue weighted by atomic mass is 32.2. The van der Waals surface area contributed by atoms with Crippen molar-refractivity contribution in [1.29, 1.82) is 0 Å². The molecule has 47 valence electrons. The summed E-state index contributed by atoms with van der Waals surface area (Å²) in [6.07, 6.45) is 1.48. The minimum Gasteiger partial charge on any atom is -0.172 e. The van der Waals surface area contributed by atoms with Crippen LogP contribution in [0.5, 0.6) is 0 Å². The van der Waals surface area contributed by atoms with Gasteiger partial charge in [0.15, 0.2) is 0 Å². The summed E-state index contributed by atoms with van der Waals surface area (Å²) in [7, 11) is -2.22. The van der Waals surface area contributed by atoms with Crippen LogP contribution in [0.4, 0.5) is 0 Å². The fraction of sp³-hybridized carbons (Fsp3) is 0.750. The summed E-state index contributed by atoms with van der Waals surface area (Å²) in [5.41, 5.74) is 0. The van der Waals surface area contributed by atoms with E-state index >= 15 is 0 Å². The molecule has 0 N–H and O–H groups in total. The van der Waals surface area contributed by atoms with Crippen LogP contribution < -0.4 is 0 Å². The second-order valence-electron chi connectivity index (χ2n) is 1.28. The Morgan fingerprint density at radius 1 is 1.50 bits per heavy atom. The molecule has 4 heteroatoms. The SMILES string of the molecule is [CH2]CCCN=S(=O)=O. The Bertz CT molecular complexity index is 151. The van der Waals surface area contributed by atoms with Gasteiger partial charge in [-0.1, -0.05) is 13.3 Å². The van der Waals surface area contributed by atoms with E-state index in [1.54, 1.807) is 0 Å². The Morgan fingerprint density at radius 3 is 2.50 bits per heavy atom. The molecule has 0 aliphatic heterocycles. The van der Waals surface area contributed by atoms with E-state index in [0.29, 0.717) is 6.54 Å². The molecular weight excluding hydrogens is 126 g/mol. The first-order valence-electron chi connectivity index (χ1n) is 2.33. The molecule has 0 aromatic heterocycles. The quantitative estimate of drug-likeness (QED) is 0.532. The van der Waals surface area contributed by atoms with E-state index in [-0.39, 0.29) is 0 Å². The first-order chi connectivity index (χ1) is 3.77. The zero-order valence-corrected chi connectivity index (χ0v) is 5.32. The third-order valence-electron chi connectivity index (χ3n) is 0.605. The predicted octanol–water partition coefficient (Wildman–Crippen LogP) is 0.663. The van der Waals surface area contributed by atoms with Gasteiger partial charge >= 0.3 is 10.5 Å². The topological polar surface area (TPSA) is 46.5 Å². The van der Waals surface area contributed by atoms with Crippen molar-refractivity contribution in [3.63, 3.8) is 0 Å². The van der Waals surface area contributed by atoms with Crippen LogP contribution in [0.3, 0.4) is 0 Å². The van der Waals surface area contributed by atoms with Crippen LogP contribution >= 0.6 is 0 Å². The third-order valence-corrected chi connectivity index (χ3v) is 0.998. The summed E-state index contributed by atoms with van der Waals surface area (Å²) in [5.74, 6) is 0. The summed E-state index contributed by atoms with van der Waals surface area (Å²) in [6, 6.07) is 0. The van der Waals surface area contributed by atoms with Crippen LogP contribution in [-0.2, 0) is 10.5 Å². The Hall–Kier alpha value is -0.380. The normalized spacial score (nSPS) is 8.62. The van der Waals surface area contributed by atoms with Gasteiger partial charge in [0, 0.05) is 0 Å². The van der Waals surface area contributed by atoms with Crippen LogP contribution in [0.25, 0.3) is 0 Å². The maximum Gasteiger partial charge on any atom is 0.311 e. The minimum absolute atomic E-state index is 0.375. The largest absolute Gasteiger partial charge is 0.311 e. The summed E-state index contributed by atoms with van der Waals surface area (Å²) in [5, 5.41) is 0. The first-order valence-corrected chi connectivity index (χ1v) is 3.36. The zero-order valence-electron chi connectivity index (χ0n) is 4.50. The van der Waals surface area contributed by atoms with Gasteiger partial charge in [-0.2, -0.15) is 12.8 Å². The Morgan fingerprint density at radius 2 is 2.12 bits per heavy atom. The molecule has 1 radical (unpaired) electrons. The molecule has 0 rings (SSSR count). The van der Waals surface area contributed by atoms with Gasteiger partial charge in [-0.3, -0.25) is 0 Å². The van der Waals surface area contributed by atoms with Crippen LogP contribution in [0.1, 0.15) is 12.8 Å². The zero-order chi connectivity index (χ0) is 6.41. The number of hydrogen-bond donors (Lipinski definition) is 0. The van der Waals surface area contributed by atoms with E-state index in [1.165, 1.54) is 0 Å². The highest BCUT2D eigenvalue weighted by Crippen LogP contribution is 1.84. The lowest BCUT2D eigenvalue weighted by molar-refractivity contribution is 0.619. The standard InChI is InChI=1S/C4H8NO2S/c1-2-3-4-5-8(6)7/h1-4H2. The van der Waals surface area contributed by atoms with Crippen molar-refractivity contribution in [3.8, 4) is 0 Å². The Kier molecular flexibility index (Phi) is 4.54. The van der Waals surface area contributed by atoms with E-state index < -0.39 is 10.5 Å². The molecule has 0 fully saturated rings. The lowest BCUT2D eigenvalue weighted by Crippen LogP contribution is -1.75. The van der Waals surface area contributed by atoms with E-state index in [4.69, 9.17) is 0 Å². The van der Waals surface area contributed by atoms with Gasteiger partial charge in [0.25, 0.3) is 0 Å². The van der Waals surface area contributed by atoms with Crippen molar-refractivity contribution in [2.75, 3.05) is 6.54 Å². The molecule has 0 atom stereocenters. The molecule has 8 heavy (non-hydrogen) atoms. The first kappa shape index (κ1) is 7.62. The van der Waals surface area contributed by atoms with Gasteiger partial charge in [-0.15, -0.1) is 0 Å². The number of unbranched alkanes of at least 4 members (excludes halogenated alkanes) is 1. The predicted molar refractivity (Wildman–Crippen MR) is 30.8 cm³/mol. The third kappa shape index (κ3) is 5.62. The van der Waals surface area contributed by atoms with Gasteiger partial charge in [-0.05, 0) is 6.42 Å². The maximum atomic E-state index is 9.69. The molecule has 0 saturated carbocycles. The summed E-state index contributed by atoms with van der Waals surface area (Å²) in [4.78, 5) is 0. The average molecular weight is 134 g/mol. The minimum atomic E-state index is -2.22. The number of hydrogen-bond acceptors (Lipinski definition) is 3. The van der Waals surface area contributed by atoms with E-state index in [1.807, 2.05) is 0 Å². The monoisotopic (exact) mass is 134 g/mol. The van der Waals surface area contributed by atoms with Gasteiger partial charge in [0.05, 0.1) is 6.54 Å². The van der Waals surface area contributed by atoms with Gasteiger partial charge in [0.1, 0.15) is 0 Å². The van der Waals surface area contributed by atoms with Crippen LogP contribution in [0, 0.1) is 6.92 Å². The van der Waals surface area contributed by atoms with Crippen molar-refractivity contribution < 1.29 is 8.42 Å². The molecule has 0 saturated heterocycles. The lowest BCUT2D eigenvalue weighted by atomic mass is 10.3. The molecular formula is C4H8NO2S. The summed E-state index contributed by atoms with van der Waals surface area (Å²) >= 11 is 0. The van der Waals surface area contributed by atoms with E-state index in [0.717, 1.165) is 12.8 Å². The fourth-order valence-electron chi connectivity index (χ4n) is 0.251. The van der Waals surface area contributed by atoms with Gasteiger partial charge in [0.2, 0.25) is 0 Å². The second kappa shape index (κ2) is 4.77.